The fourth-order valence-electron chi connectivity index (χ4n) is 1.85. The monoisotopic (exact) mass is 243 g/mol. The molecule has 0 saturated carbocycles. The minimum Gasteiger partial charge on any atom is -0.481 e. The van der Waals surface area contributed by atoms with Crippen molar-refractivity contribution in [2.24, 2.45) is 11.8 Å². The summed E-state index contributed by atoms with van der Waals surface area (Å²) in [6.07, 6.45) is 2.41. The molecule has 4 nitrogen and oxygen atoms in total. The lowest BCUT2D eigenvalue weighted by atomic mass is 9.99. The molecule has 0 bridgehead atoms. The van der Waals surface area contributed by atoms with Gasteiger partial charge in [-0.15, -0.1) is 0 Å². The van der Waals surface area contributed by atoms with Gasteiger partial charge in [0.2, 0.25) is 5.91 Å². The fourth-order valence-corrected chi connectivity index (χ4v) is 1.85. The second-order valence-corrected chi connectivity index (χ2v) is 5.12. The third-order valence-corrected chi connectivity index (χ3v) is 2.92. The minimum absolute atomic E-state index is 0.0467. The van der Waals surface area contributed by atoms with Gasteiger partial charge < -0.3 is 10.4 Å². The molecule has 3 atom stereocenters. The molecule has 0 aromatic rings. The molecule has 0 aromatic heterocycles. The molecule has 0 rings (SSSR count). The molecule has 17 heavy (non-hydrogen) atoms. The second kappa shape index (κ2) is 8.09. The number of hydrogen-bond acceptors (Lipinski definition) is 2. The average Bonchev–Trinajstić information content (AvgIpc) is 2.14. The Bertz CT molecular complexity index is 253. The molecule has 2 N–H and O–H groups in total. The molecule has 0 aliphatic heterocycles. The van der Waals surface area contributed by atoms with E-state index in [1.165, 1.54) is 0 Å². The summed E-state index contributed by atoms with van der Waals surface area (Å²) in [6, 6.07) is 0.162. The molecule has 0 heterocycles. The molecule has 3 unspecified atom stereocenters. The first kappa shape index (κ1) is 15.9. The SMILES string of the molecule is CCC(C)CC(C)NC(=O)CC(C)CC(=O)O. The summed E-state index contributed by atoms with van der Waals surface area (Å²) in [5.41, 5.74) is 0. The van der Waals surface area contributed by atoms with Crippen LogP contribution in [0.15, 0.2) is 0 Å². The minimum atomic E-state index is -0.849. The average molecular weight is 243 g/mol. The number of carboxylic acid groups (broad SMARTS) is 1. The van der Waals surface area contributed by atoms with E-state index in [9.17, 15) is 9.59 Å². The highest BCUT2D eigenvalue weighted by atomic mass is 16.4. The highest BCUT2D eigenvalue weighted by Crippen LogP contribution is 2.11. The lowest BCUT2D eigenvalue weighted by molar-refractivity contribution is -0.138. The Morgan fingerprint density at radius 2 is 1.71 bits per heavy atom. The van der Waals surface area contributed by atoms with Crippen molar-refractivity contribution in [2.75, 3.05) is 0 Å². The molecule has 0 spiro atoms. The van der Waals surface area contributed by atoms with E-state index in [0.717, 1.165) is 12.8 Å². The van der Waals surface area contributed by atoms with Crippen LogP contribution in [0.5, 0.6) is 0 Å². The Labute approximate surface area is 104 Å². The Morgan fingerprint density at radius 3 is 2.18 bits per heavy atom. The summed E-state index contributed by atoms with van der Waals surface area (Å²) in [5, 5.41) is 11.5. The summed E-state index contributed by atoms with van der Waals surface area (Å²) in [7, 11) is 0. The van der Waals surface area contributed by atoms with Crippen molar-refractivity contribution in [3.8, 4) is 0 Å². The highest BCUT2D eigenvalue weighted by molar-refractivity contribution is 5.77. The van der Waals surface area contributed by atoms with Crippen LogP contribution in [0.25, 0.3) is 0 Å². The maximum Gasteiger partial charge on any atom is 0.303 e. The van der Waals surface area contributed by atoms with Gasteiger partial charge in [-0.25, -0.2) is 0 Å². The van der Waals surface area contributed by atoms with E-state index < -0.39 is 5.97 Å². The zero-order valence-electron chi connectivity index (χ0n) is 11.3. The number of amides is 1. The Hall–Kier alpha value is -1.06. The summed E-state index contributed by atoms with van der Waals surface area (Å²) >= 11 is 0. The van der Waals surface area contributed by atoms with Crippen molar-refractivity contribution >= 4 is 11.9 Å². The van der Waals surface area contributed by atoms with E-state index in [0.29, 0.717) is 5.92 Å². The van der Waals surface area contributed by atoms with E-state index in [2.05, 4.69) is 19.2 Å². The quantitative estimate of drug-likeness (QED) is 0.688. The first-order valence-corrected chi connectivity index (χ1v) is 6.36. The zero-order valence-corrected chi connectivity index (χ0v) is 11.3. The Balaban J connectivity index is 3.88. The number of carbonyl (C=O) groups is 2. The first-order chi connectivity index (χ1) is 7.85. The van der Waals surface area contributed by atoms with Crippen LogP contribution in [-0.2, 0) is 9.59 Å². The molecule has 0 radical (unpaired) electrons. The summed E-state index contributed by atoms with van der Waals surface area (Å²) < 4.78 is 0. The number of nitrogens with one attached hydrogen (secondary N) is 1. The van der Waals surface area contributed by atoms with Crippen LogP contribution in [0.1, 0.15) is 53.4 Å². The van der Waals surface area contributed by atoms with E-state index >= 15 is 0 Å². The topological polar surface area (TPSA) is 66.4 Å². The smallest absolute Gasteiger partial charge is 0.303 e. The number of carbonyl (C=O) groups excluding carboxylic acids is 1. The van der Waals surface area contributed by atoms with E-state index in [1.807, 2.05) is 6.92 Å². The number of hydrogen-bond donors (Lipinski definition) is 2. The van der Waals surface area contributed by atoms with Crippen LogP contribution in [-0.4, -0.2) is 23.0 Å². The van der Waals surface area contributed by atoms with Gasteiger partial charge in [0.25, 0.3) is 0 Å². The van der Waals surface area contributed by atoms with Crippen molar-refractivity contribution in [3.63, 3.8) is 0 Å². The summed E-state index contributed by atoms with van der Waals surface area (Å²) in [5.74, 6) is -0.405. The number of rotatable bonds is 8. The van der Waals surface area contributed by atoms with E-state index in [1.54, 1.807) is 6.92 Å². The standard InChI is InChI=1S/C13H25NO3/c1-5-9(2)6-11(4)14-12(15)7-10(3)8-13(16)17/h9-11H,5-8H2,1-4H3,(H,14,15)(H,16,17). The molecular weight excluding hydrogens is 218 g/mol. The highest BCUT2D eigenvalue weighted by Gasteiger charge is 2.15. The number of aliphatic carboxylic acids is 1. The third-order valence-electron chi connectivity index (χ3n) is 2.92. The van der Waals surface area contributed by atoms with Gasteiger partial charge in [0.1, 0.15) is 0 Å². The second-order valence-electron chi connectivity index (χ2n) is 5.12. The van der Waals surface area contributed by atoms with Crippen molar-refractivity contribution in [1.82, 2.24) is 5.32 Å². The van der Waals surface area contributed by atoms with E-state index in [4.69, 9.17) is 5.11 Å². The van der Waals surface area contributed by atoms with Crippen LogP contribution >= 0.6 is 0 Å². The van der Waals surface area contributed by atoms with Crippen molar-refractivity contribution < 1.29 is 14.7 Å². The predicted molar refractivity (Wildman–Crippen MR) is 67.7 cm³/mol. The lowest BCUT2D eigenvalue weighted by Gasteiger charge is -2.18. The molecule has 4 heteroatoms. The lowest BCUT2D eigenvalue weighted by Crippen LogP contribution is -2.34. The van der Waals surface area contributed by atoms with Gasteiger partial charge in [-0.3, -0.25) is 9.59 Å². The van der Waals surface area contributed by atoms with Crippen LogP contribution in [0.4, 0.5) is 0 Å². The van der Waals surface area contributed by atoms with Crippen LogP contribution in [0.2, 0.25) is 0 Å². The molecule has 1 amide bonds. The summed E-state index contributed by atoms with van der Waals surface area (Å²) in [4.78, 5) is 22.1. The molecule has 0 aromatic carbocycles. The Kier molecular flexibility index (Phi) is 7.59. The van der Waals surface area contributed by atoms with Crippen molar-refractivity contribution in [1.29, 1.82) is 0 Å². The van der Waals surface area contributed by atoms with Gasteiger partial charge in [0, 0.05) is 18.9 Å². The summed E-state index contributed by atoms with van der Waals surface area (Å²) in [6.45, 7) is 8.07. The largest absolute Gasteiger partial charge is 0.481 e. The van der Waals surface area contributed by atoms with Crippen molar-refractivity contribution in [3.05, 3.63) is 0 Å². The van der Waals surface area contributed by atoms with Crippen LogP contribution < -0.4 is 5.32 Å². The van der Waals surface area contributed by atoms with Gasteiger partial charge in [0.15, 0.2) is 0 Å². The zero-order chi connectivity index (χ0) is 13.4. The Morgan fingerprint density at radius 1 is 1.12 bits per heavy atom. The maximum atomic E-state index is 11.6. The van der Waals surface area contributed by atoms with Crippen LogP contribution in [0.3, 0.4) is 0 Å². The van der Waals surface area contributed by atoms with Crippen LogP contribution in [0, 0.1) is 11.8 Å². The van der Waals surface area contributed by atoms with E-state index in [-0.39, 0.29) is 30.7 Å². The van der Waals surface area contributed by atoms with Gasteiger partial charge >= 0.3 is 5.97 Å². The normalized spacial score (nSPS) is 16.0. The molecular formula is C13H25NO3. The predicted octanol–water partition coefficient (Wildman–Crippen LogP) is 2.43. The van der Waals surface area contributed by atoms with Gasteiger partial charge in [0.05, 0.1) is 0 Å². The van der Waals surface area contributed by atoms with Gasteiger partial charge in [-0.2, -0.15) is 0 Å². The molecule has 100 valence electrons. The molecule has 0 aliphatic rings. The van der Waals surface area contributed by atoms with Gasteiger partial charge in [-0.1, -0.05) is 27.2 Å². The maximum absolute atomic E-state index is 11.6. The molecule has 0 aliphatic carbocycles. The molecule has 0 saturated heterocycles. The third kappa shape index (κ3) is 8.72. The van der Waals surface area contributed by atoms with Crippen molar-refractivity contribution in [2.45, 2.75) is 59.4 Å². The number of carboxylic acids is 1. The first-order valence-electron chi connectivity index (χ1n) is 6.36. The van der Waals surface area contributed by atoms with Gasteiger partial charge in [-0.05, 0) is 25.2 Å². The fraction of sp³-hybridized carbons (Fsp3) is 0.846. The molecule has 0 fully saturated rings.